The molecule has 4 N–H and O–H groups in total. The maximum atomic E-state index is 12.5. The van der Waals surface area contributed by atoms with E-state index >= 15 is 0 Å². The Morgan fingerprint density at radius 2 is 1.91 bits per heavy atom. The Bertz CT molecular complexity index is 1060. The molecule has 1 aliphatic heterocycles. The quantitative estimate of drug-likeness (QED) is 0.378. The number of hydrogen-bond donors (Lipinski definition) is 3. The summed E-state index contributed by atoms with van der Waals surface area (Å²) in [5.41, 5.74) is 8.81. The molecule has 2 amide bonds. The summed E-state index contributed by atoms with van der Waals surface area (Å²) in [5, 5.41) is 6.05. The van der Waals surface area contributed by atoms with Crippen LogP contribution in [0.25, 0.3) is 0 Å². The van der Waals surface area contributed by atoms with Crippen LogP contribution in [0.3, 0.4) is 0 Å². The maximum absolute atomic E-state index is 12.5. The third-order valence-electron chi connectivity index (χ3n) is 6.75. The molecule has 4 rings (SSSR count). The fourth-order valence-corrected chi connectivity index (χ4v) is 4.72. The Hall–Kier alpha value is -3.55. The number of nitrogens with two attached hydrogens (primary N) is 1. The minimum absolute atomic E-state index is 0.134. The van der Waals surface area contributed by atoms with Gasteiger partial charge in [0.15, 0.2) is 0 Å². The zero-order valence-electron chi connectivity index (χ0n) is 20.5. The molecular formula is C27H36N5O3+. The van der Waals surface area contributed by atoms with Crippen molar-refractivity contribution in [1.82, 2.24) is 4.90 Å². The number of guanidine groups is 1. The first-order chi connectivity index (χ1) is 17.0. The molecule has 186 valence electrons. The summed E-state index contributed by atoms with van der Waals surface area (Å²) in [5.74, 6) is 1.24. The molecule has 2 aliphatic rings. The molecule has 1 saturated carbocycles. The van der Waals surface area contributed by atoms with E-state index in [-0.39, 0.29) is 18.4 Å². The van der Waals surface area contributed by atoms with Crippen molar-refractivity contribution in [3.8, 4) is 5.75 Å². The lowest BCUT2D eigenvalue weighted by atomic mass is 9.94. The average molecular weight is 479 g/mol. The highest BCUT2D eigenvalue weighted by Crippen LogP contribution is 2.26. The summed E-state index contributed by atoms with van der Waals surface area (Å²) in [6, 6.07) is 15.5. The molecule has 8 nitrogen and oxygen atoms in total. The van der Waals surface area contributed by atoms with Gasteiger partial charge < -0.3 is 15.0 Å². The van der Waals surface area contributed by atoms with Gasteiger partial charge in [-0.1, -0.05) is 37.5 Å². The Labute approximate surface area is 207 Å². The second kappa shape index (κ2) is 11.7. The third kappa shape index (κ3) is 6.74. The summed E-state index contributed by atoms with van der Waals surface area (Å²) in [7, 11) is 1.93. The lowest BCUT2D eigenvalue weighted by molar-refractivity contribution is -0.534. The minimum atomic E-state index is -0.139. The van der Waals surface area contributed by atoms with E-state index in [0.29, 0.717) is 38.0 Å². The van der Waals surface area contributed by atoms with Gasteiger partial charge in [-0.05, 0) is 49.6 Å². The van der Waals surface area contributed by atoms with Crippen LogP contribution in [-0.2, 0) is 16.1 Å². The van der Waals surface area contributed by atoms with Gasteiger partial charge in [0, 0.05) is 30.8 Å². The number of rotatable bonds is 9. The number of anilines is 2. The normalized spacial score (nSPS) is 15.7. The van der Waals surface area contributed by atoms with Crippen molar-refractivity contribution < 1.29 is 18.9 Å². The van der Waals surface area contributed by atoms with Crippen molar-refractivity contribution in [3.05, 3.63) is 54.1 Å². The highest BCUT2D eigenvalue weighted by molar-refractivity contribution is 5.94. The SMILES string of the molecule is CN(C(=O)CCCOc1ccc2c(c1)C[N+](CC(=O)Nc1ccccc1)=C(N)N2)C1CCCCC1. The van der Waals surface area contributed by atoms with Crippen LogP contribution in [0.5, 0.6) is 5.75 Å². The number of fused-ring (bicyclic) bond motifs is 1. The highest BCUT2D eigenvalue weighted by Gasteiger charge is 2.23. The van der Waals surface area contributed by atoms with Crippen molar-refractivity contribution in [2.24, 2.45) is 5.73 Å². The fourth-order valence-electron chi connectivity index (χ4n) is 4.72. The van der Waals surface area contributed by atoms with Crippen LogP contribution < -0.4 is 21.1 Å². The predicted molar refractivity (Wildman–Crippen MR) is 138 cm³/mol. The topological polar surface area (TPSA) is 99.7 Å². The van der Waals surface area contributed by atoms with Crippen LogP contribution in [0.15, 0.2) is 48.5 Å². The smallest absolute Gasteiger partial charge is 0.349 e. The van der Waals surface area contributed by atoms with E-state index in [1.807, 2.05) is 60.5 Å². The van der Waals surface area contributed by atoms with Crippen molar-refractivity contribution >= 4 is 29.1 Å². The van der Waals surface area contributed by atoms with E-state index < -0.39 is 0 Å². The van der Waals surface area contributed by atoms with Gasteiger partial charge >= 0.3 is 5.96 Å². The molecule has 8 heteroatoms. The molecular weight excluding hydrogens is 442 g/mol. The minimum Gasteiger partial charge on any atom is -0.494 e. The first kappa shape index (κ1) is 24.6. The van der Waals surface area contributed by atoms with E-state index in [2.05, 4.69) is 10.6 Å². The number of nitrogens with zero attached hydrogens (tertiary/aromatic N) is 2. The van der Waals surface area contributed by atoms with Crippen molar-refractivity contribution in [2.75, 3.05) is 30.8 Å². The molecule has 2 aromatic rings. The molecule has 2 aromatic carbocycles. The Balaban J connectivity index is 1.25. The van der Waals surface area contributed by atoms with E-state index in [1.54, 1.807) is 4.58 Å². The monoisotopic (exact) mass is 478 g/mol. The molecule has 1 fully saturated rings. The summed E-state index contributed by atoms with van der Waals surface area (Å²) in [4.78, 5) is 26.9. The van der Waals surface area contributed by atoms with E-state index in [9.17, 15) is 9.59 Å². The molecule has 0 bridgehead atoms. The van der Waals surface area contributed by atoms with Crippen LogP contribution >= 0.6 is 0 Å². The predicted octanol–water partition coefficient (Wildman–Crippen LogP) is 3.53. The number of nitrogens with one attached hydrogen (secondary N) is 2. The van der Waals surface area contributed by atoms with Gasteiger partial charge in [0.2, 0.25) is 5.91 Å². The van der Waals surface area contributed by atoms with Crippen LogP contribution in [0.2, 0.25) is 0 Å². The maximum Gasteiger partial charge on any atom is 0.349 e. The van der Waals surface area contributed by atoms with Crippen LogP contribution in [-0.4, -0.2) is 53.5 Å². The number of hydrogen-bond acceptors (Lipinski definition) is 5. The largest absolute Gasteiger partial charge is 0.494 e. The van der Waals surface area contributed by atoms with Gasteiger partial charge in [0.25, 0.3) is 5.91 Å². The number of para-hydroxylation sites is 1. The second-order valence-corrected chi connectivity index (χ2v) is 9.35. The molecule has 0 saturated heterocycles. The molecule has 0 radical (unpaired) electrons. The van der Waals surface area contributed by atoms with Gasteiger partial charge in [-0.25, -0.2) is 5.32 Å². The molecule has 35 heavy (non-hydrogen) atoms. The zero-order valence-corrected chi connectivity index (χ0v) is 20.5. The van der Waals surface area contributed by atoms with Crippen molar-refractivity contribution in [3.63, 3.8) is 0 Å². The fraction of sp³-hybridized carbons (Fsp3) is 0.444. The van der Waals surface area contributed by atoms with Crippen molar-refractivity contribution in [2.45, 2.75) is 57.5 Å². The van der Waals surface area contributed by atoms with Gasteiger partial charge in [0.05, 0.1) is 13.2 Å². The Morgan fingerprint density at radius 1 is 1.14 bits per heavy atom. The number of amides is 2. The second-order valence-electron chi connectivity index (χ2n) is 9.35. The molecule has 1 aliphatic carbocycles. The van der Waals surface area contributed by atoms with Gasteiger partial charge in [-0.2, -0.15) is 0 Å². The summed E-state index contributed by atoms with van der Waals surface area (Å²) < 4.78 is 7.73. The molecule has 0 unspecified atom stereocenters. The number of carbonyl (C=O) groups excluding carboxylic acids is 2. The molecule has 0 atom stereocenters. The first-order valence-corrected chi connectivity index (χ1v) is 12.5. The standard InChI is InChI=1S/C27H35N5O3/c1-31(22-11-6-3-7-12-22)26(34)13-8-16-35-23-14-15-24-20(17-23)18-32(27(28)30-24)19-25(33)29-21-9-4-2-5-10-21/h2,4-5,9-10,14-15,17,22H,3,6-8,11-13,16,18-19H2,1H3,(H3,28,29,30,33)/p+1. The summed E-state index contributed by atoms with van der Waals surface area (Å²) in [6.45, 7) is 1.11. The lowest BCUT2D eigenvalue weighted by Crippen LogP contribution is -2.41. The first-order valence-electron chi connectivity index (χ1n) is 12.5. The molecule has 0 spiro atoms. The third-order valence-corrected chi connectivity index (χ3v) is 6.75. The number of benzene rings is 2. The summed E-state index contributed by atoms with van der Waals surface area (Å²) >= 11 is 0. The summed E-state index contributed by atoms with van der Waals surface area (Å²) in [6.07, 6.45) is 7.14. The van der Waals surface area contributed by atoms with Crippen molar-refractivity contribution in [1.29, 1.82) is 0 Å². The van der Waals surface area contributed by atoms with Crippen LogP contribution in [0.4, 0.5) is 11.4 Å². The Kier molecular flexibility index (Phi) is 8.23. The van der Waals surface area contributed by atoms with E-state index in [1.165, 1.54) is 19.3 Å². The highest BCUT2D eigenvalue weighted by atomic mass is 16.5. The van der Waals surface area contributed by atoms with E-state index in [4.69, 9.17) is 10.5 Å². The zero-order chi connectivity index (χ0) is 24.6. The number of carbonyl (C=O) groups is 2. The molecule has 1 heterocycles. The Morgan fingerprint density at radius 3 is 2.69 bits per heavy atom. The number of ether oxygens (including phenoxy) is 1. The molecule has 0 aromatic heterocycles. The van der Waals surface area contributed by atoms with Crippen LogP contribution in [0, 0.1) is 0 Å². The lowest BCUT2D eigenvalue weighted by Gasteiger charge is -2.31. The van der Waals surface area contributed by atoms with Gasteiger partial charge in [-0.3, -0.25) is 19.9 Å². The van der Waals surface area contributed by atoms with Crippen LogP contribution in [0.1, 0.15) is 50.5 Å². The van der Waals surface area contributed by atoms with E-state index in [0.717, 1.165) is 35.5 Å². The average Bonchev–Trinajstić information content (AvgIpc) is 2.87. The van der Waals surface area contributed by atoms with Gasteiger partial charge in [-0.15, -0.1) is 0 Å². The van der Waals surface area contributed by atoms with Gasteiger partial charge in [0.1, 0.15) is 18.0 Å².